The first kappa shape index (κ1) is 20.3. The average Bonchev–Trinajstić information content (AvgIpc) is 3.46. The third-order valence-electron chi connectivity index (χ3n) is 6.51. The molecule has 32 heavy (non-hydrogen) atoms. The van der Waals surface area contributed by atoms with Crippen LogP contribution >= 0.6 is 0 Å². The van der Waals surface area contributed by atoms with Gasteiger partial charge in [0.1, 0.15) is 11.6 Å². The molecular weight excluding hydrogens is 397 g/mol. The number of imidazole rings is 1. The molecule has 0 bridgehead atoms. The van der Waals surface area contributed by atoms with Gasteiger partial charge in [-0.1, -0.05) is 24.9 Å². The minimum atomic E-state index is 0.0896. The number of benzene rings is 1. The van der Waals surface area contributed by atoms with Gasteiger partial charge in [0.2, 0.25) is 5.95 Å². The third kappa shape index (κ3) is 3.97. The molecule has 3 heterocycles. The molecule has 0 saturated carbocycles. The van der Waals surface area contributed by atoms with Gasteiger partial charge >= 0.3 is 0 Å². The van der Waals surface area contributed by atoms with Crippen molar-refractivity contribution in [1.82, 2.24) is 19.5 Å². The lowest BCUT2D eigenvalue weighted by Gasteiger charge is -2.24. The Morgan fingerprint density at radius 1 is 1.12 bits per heavy atom. The molecule has 0 amide bonds. The van der Waals surface area contributed by atoms with Crippen LogP contribution in [-0.4, -0.2) is 32.3 Å². The standard InChI is InChI=1S/C24H24BN7/c26-11-8-21-15-29-23(19-7-6-17-3-1-4-18(17)13-19)32(21)22-9-12-28-24(31-22)30-20-5-2-10-25(14-20)16-27/h6-7,9,12-13,15,20H,1-5,8,10,14H2,(H,28,30,31). The van der Waals surface area contributed by atoms with Gasteiger partial charge in [-0.25, -0.2) is 15.2 Å². The van der Waals surface area contributed by atoms with Crippen LogP contribution in [0.2, 0.25) is 12.6 Å². The second kappa shape index (κ2) is 8.84. The molecular formula is C24H24BN7. The highest BCUT2D eigenvalue weighted by Crippen LogP contribution is 2.30. The van der Waals surface area contributed by atoms with Gasteiger partial charge in [0, 0.05) is 23.8 Å². The lowest BCUT2D eigenvalue weighted by Crippen LogP contribution is -2.31. The first-order valence-corrected chi connectivity index (χ1v) is 11.3. The Kier molecular flexibility index (Phi) is 5.60. The Labute approximate surface area is 188 Å². The van der Waals surface area contributed by atoms with E-state index >= 15 is 0 Å². The van der Waals surface area contributed by atoms with Crippen molar-refractivity contribution in [3.63, 3.8) is 0 Å². The summed E-state index contributed by atoms with van der Waals surface area (Å²) in [5.74, 6) is 4.42. The average molecular weight is 421 g/mol. The van der Waals surface area contributed by atoms with E-state index in [0.717, 1.165) is 55.4 Å². The smallest absolute Gasteiger partial charge is 0.269 e. The van der Waals surface area contributed by atoms with E-state index in [4.69, 9.17) is 4.98 Å². The molecule has 158 valence electrons. The molecule has 2 aromatic heterocycles. The number of aryl methyl sites for hydroxylation is 2. The number of hydrogen-bond acceptors (Lipinski definition) is 6. The fourth-order valence-corrected chi connectivity index (χ4v) is 4.93. The molecule has 1 atom stereocenters. The van der Waals surface area contributed by atoms with Crippen molar-refractivity contribution in [2.75, 3.05) is 5.32 Å². The zero-order valence-corrected chi connectivity index (χ0v) is 18.0. The normalized spacial score (nSPS) is 17.4. The number of hydrogen-bond donors (Lipinski definition) is 1. The summed E-state index contributed by atoms with van der Waals surface area (Å²) >= 11 is 0. The van der Waals surface area contributed by atoms with Crippen LogP contribution in [0.1, 0.15) is 36.1 Å². The summed E-state index contributed by atoms with van der Waals surface area (Å²) in [7, 11) is 0. The number of fused-ring (bicyclic) bond motifs is 1. The van der Waals surface area contributed by atoms with Gasteiger partial charge in [-0.05, 0) is 55.3 Å². The molecule has 0 radical (unpaired) electrons. The monoisotopic (exact) mass is 421 g/mol. The Hall–Kier alpha value is -3.65. The van der Waals surface area contributed by atoms with Gasteiger partial charge in [-0.3, -0.25) is 4.57 Å². The van der Waals surface area contributed by atoms with Gasteiger partial charge in [-0.15, -0.1) is 0 Å². The topological polar surface area (TPSA) is 103 Å². The van der Waals surface area contributed by atoms with Crippen LogP contribution in [-0.2, 0) is 19.3 Å². The molecule has 1 N–H and O–H groups in total. The van der Waals surface area contributed by atoms with Gasteiger partial charge in [0.05, 0.1) is 24.4 Å². The number of nitrogens with zero attached hydrogens (tertiary/aromatic N) is 6. The van der Waals surface area contributed by atoms with Gasteiger partial charge in [-0.2, -0.15) is 10.2 Å². The lowest BCUT2D eigenvalue weighted by molar-refractivity contribution is 0.648. The van der Waals surface area contributed by atoms with E-state index in [1.807, 2.05) is 10.6 Å². The van der Waals surface area contributed by atoms with E-state index < -0.39 is 0 Å². The molecule has 2 aliphatic rings. The fraction of sp³-hybridized carbons (Fsp3) is 0.375. The summed E-state index contributed by atoms with van der Waals surface area (Å²) in [6, 6.07) is 10.8. The maximum Gasteiger partial charge on any atom is 0.269 e. The van der Waals surface area contributed by atoms with Crippen molar-refractivity contribution in [1.29, 1.82) is 10.5 Å². The molecule has 3 aromatic rings. The van der Waals surface area contributed by atoms with Crippen molar-refractivity contribution in [2.24, 2.45) is 0 Å². The van der Waals surface area contributed by atoms with Crippen LogP contribution in [0.4, 0.5) is 5.95 Å². The van der Waals surface area contributed by atoms with E-state index in [1.165, 1.54) is 17.5 Å². The highest BCUT2D eigenvalue weighted by atomic mass is 15.2. The van der Waals surface area contributed by atoms with Crippen LogP contribution in [0.15, 0.2) is 36.7 Å². The number of nitriles is 2. The Bertz CT molecular complexity index is 1220. The third-order valence-corrected chi connectivity index (χ3v) is 6.51. The van der Waals surface area contributed by atoms with Crippen LogP contribution in [0.25, 0.3) is 17.2 Å². The van der Waals surface area contributed by atoms with Gasteiger partial charge < -0.3 is 5.32 Å². The summed E-state index contributed by atoms with van der Waals surface area (Å²) in [4.78, 5) is 13.9. The Morgan fingerprint density at radius 3 is 2.91 bits per heavy atom. The van der Waals surface area contributed by atoms with Crippen LogP contribution in [0, 0.1) is 22.6 Å². The summed E-state index contributed by atoms with van der Waals surface area (Å²) < 4.78 is 1.96. The minimum Gasteiger partial charge on any atom is -0.352 e. The first-order chi connectivity index (χ1) is 15.7. The predicted octanol–water partition coefficient (Wildman–Crippen LogP) is 4.02. The summed E-state index contributed by atoms with van der Waals surface area (Å²) in [6.07, 6.45) is 11.0. The molecule has 0 spiro atoms. The molecule has 1 fully saturated rings. The van der Waals surface area contributed by atoms with Crippen LogP contribution in [0.5, 0.6) is 0 Å². The molecule has 1 unspecified atom stereocenters. The Balaban J connectivity index is 1.49. The molecule has 8 heteroatoms. The molecule has 1 saturated heterocycles. The van der Waals surface area contributed by atoms with Crippen molar-refractivity contribution >= 4 is 12.7 Å². The Morgan fingerprint density at radius 2 is 2.03 bits per heavy atom. The highest BCUT2D eigenvalue weighted by Gasteiger charge is 2.26. The van der Waals surface area contributed by atoms with Crippen LogP contribution < -0.4 is 5.32 Å². The van der Waals surface area contributed by atoms with E-state index in [1.54, 1.807) is 12.4 Å². The minimum absolute atomic E-state index is 0.0896. The van der Waals surface area contributed by atoms with E-state index in [2.05, 4.69) is 45.5 Å². The molecule has 7 nitrogen and oxygen atoms in total. The van der Waals surface area contributed by atoms with Gasteiger partial charge in [0.15, 0.2) is 0 Å². The van der Waals surface area contributed by atoms with E-state index in [0.29, 0.717) is 11.8 Å². The zero-order chi connectivity index (χ0) is 21.9. The second-order valence-corrected chi connectivity index (χ2v) is 8.65. The zero-order valence-electron chi connectivity index (χ0n) is 18.0. The molecule has 1 aromatic carbocycles. The van der Waals surface area contributed by atoms with Crippen molar-refractivity contribution < 1.29 is 0 Å². The van der Waals surface area contributed by atoms with Crippen LogP contribution in [0.3, 0.4) is 0 Å². The quantitative estimate of drug-likeness (QED) is 0.625. The highest BCUT2D eigenvalue weighted by molar-refractivity contribution is 6.67. The van der Waals surface area contributed by atoms with Gasteiger partial charge in [0.25, 0.3) is 6.71 Å². The SMILES string of the molecule is N#CCc1cnc(-c2ccc3c(c2)CCC3)n1-c1ccnc(NC2CCCB(C#N)C2)n1. The largest absolute Gasteiger partial charge is 0.352 e. The molecule has 5 rings (SSSR count). The summed E-state index contributed by atoms with van der Waals surface area (Å²) in [6.45, 7) is 0.0896. The van der Waals surface area contributed by atoms with Crippen molar-refractivity contribution in [3.8, 4) is 29.2 Å². The number of aromatic nitrogens is 4. The number of rotatable bonds is 5. The first-order valence-electron chi connectivity index (χ1n) is 11.3. The number of nitrogens with one attached hydrogen (secondary N) is 1. The maximum atomic E-state index is 9.35. The predicted molar refractivity (Wildman–Crippen MR) is 124 cm³/mol. The van der Waals surface area contributed by atoms with E-state index in [-0.39, 0.29) is 19.2 Å². The summed E-state index contributed by atoms with van der Waals surface area (Å²) in [5, 5.41) is 22.1. The van der Waals surface area contributed by atoms with E-state index in [9.17, 15) is 10.5 Å². The number of anilines is 1. The summed E-state index contributed by atoms with van der Waals surface area (Å²) in [5.41, 5.74) is 4.64. The molecule has 1 aliphatic carbocycles. The van der Waals surface area contributed by atoms with Crippen molar-refractivity contribution in [2.45, 2.75) is 57.2 Å². The molecule has 1 aliphatic heterocycles. The lowest BCUT2D eigenvalue weighted by atomic mass is 9.42. The maximum absolute atomic E-state index is 9.35. The van der Waals surface area contributed by atoms with Crippen molar-refractivity contribution in [3.05, 3.63) is 53.5 Å². The fourth-order valence-electron chi connectivity index (χ4n) is 4.93. The second-order valence-electron chi connectivity index (χ2n) is 8.65.